The summed E-state index contributed by atoms with van der Waals surface area (Å²) < 4.78 is 0. The van der Waals surface area contributed by atoms with Gasteiger partial charge in [-0.15, -0.1) is 0 Å². The van der Waals surface area contributed by atoms with Crippen molar-refractivity contribution in [2.24, 2.45) is 0 Å². The van der Waals surface area contributed by atoms with Crippen LogP contribution in [0.5, 0.6) is 0 Å². The molecule has 1 saturated heterocycles. The summed E-state index contributed by atoms with van der Waals surface area (Å²) in [5.74, 6) is -0.109. The van der Waals surface area contributed by atoms with Gasteiger partial charge in [-0.3, -0.25) is 9.78 Å². The lowest BCUT2D eigenvalue weighted by molar-refractivity contribution is 0.102. The van der Waals surface area contributed by atoms with Crippen LogP contribution in [0.2, 0.25) is 0 Å². The van der Waals surface area contributed by atoms with E-state index in [-0.39, 0.29) is 5.91 Å². The molecule has 0 spiro atoms. The van der Waals surface area contributed by atoms with Crippen molar-refractivity contribution in [1.29, 1.82) is 0 Å². The fourth-order valence-electron chi connectivity index (χ4n) is 3.24. The molecule has 0 bridgehead atoms. The minimum absolute atomic E-state index is 0.109. The molecule has 1 aliphatic rings. The molecule has 3 aromatic rings. The van der Waals surface area contributed by atoms with Gasteiger partial charge in [-0.25, -0.2) is 0 Å². The summed E-state index contributed by atoms with van der Waals surface area (Å²) in [4.78, 5) is 19.1. The minimum Gasteiger partial charge on any atom is -0.372 e. The Bertz CT molecular complexity index is 862. The van der Waals surface area contributed by atoms with E-state index in [2.05, 4.69) is 27.3 Å². The lowest BCUT2D eigenvalue weighted by Gasteiger charge is -2.17. The van der Waals surface area contributed by atoms with E-state index in [1.165, 1.54) is 18.5 Å². The zero-order valence-corrected chi connectivity index (χ0v) is 13.4. The minimum atomic E-state index is -0.109. The summed E-state index contributed by atoms with van der Waals surface area (Å²) in [6.07, 6.45) is 5.99. The number of amides is 1. The lowest BCUT2D eigenvalue weighted by atomic mass is 10.1. The molecule has 0 unspecified atom stereocenters. The van der Waals surface area contributed by atoms with E-state index < -0.39 is 0 Å². The van der Waals surface area contributed by atoms with E-state index in [1.807, 2.05) is 36.4 Å². The molecule has 4 rings (SSSR count). The van der Waals surface area contributed by atoms with Crippen LogP contribution in [0, 0.1) is 0 Å². The third-order valence-corrected chi connectivity index (χ3v) is 4.52. The molecule has 0 aliphatic carbocycles. The van der Waals surface area contributed by atoms with Crippen LogP contribution in [0.4, 0.5) is 11.4 Å². The van der Waals surface area contributed by atoms with Crippen LogP contribution >= 0.6 is 0 Å². The Morgan fingerprint density at radius 1 is 1.00 bits per heavy atom. The number of carbonyl (C=O) groups excluding carboxylic acids is 1. The number of nitrogens with one attached hydrogen (secondary N) is 1. The molecule has 1 N–H and O–H groups in total. The Morgan fingerprint density at radius 2 is 1.79 bits per heavy atom. The van der Waals surface area contributed by atoms with Gasteiger partial charge in [0.1, 0.15) is 0 Å². The third kappa shape index (κ3) is 2.83. The number of carbonyl (C=O) groups is 1. The number of fused-ring (bicyclic) bond motifs is 1. The number of nitrogens with zero attached hydrogens (tertiary/aromatic N) is 2. The van der Waals surface area contributed by atoms with Crippen LogP contribution in [0.15, 0.2) is 60.9 Å². The highest BCUT2D eigenvalue weighted by Gasteiger charge is 2.13. The molecule has 1 aromatic heterocycles. The first-order valence-electron chi connectivity index (χ1n) is 8.30. The lowest BCUT2D eigenvalue weighted by Crippen LogP contribution is -2.17. The second-order valence-electron chi connectivity index (χ2n) is 6.10. The Hall–Kier alpha value is -2.88. The predicted molar refractivity (Wildman–Crippen MR) is 97.6 cm³/mol. The highest BCUT2D eigenvalue weighted by molar-refractivity contribution is 6.12. The van der Waals surface area contributed by atoms with Crippen LogP contribution < -0.4 is 10.2 Å². The molecule has 0 radical (unpaired) electrons. The van der Waals surface area contributed by atoms with Gasteiger partial charge in [0.2, 0.25) is 0 Å². The highest BCUT2D eigenvalue weighted by Crippen LogP contribution is 2.23. The molecule has 24 heavy (non-hydrogen) atoms. The van der Waals surface area contributed by atoms with Crippen LogP contribution in [-0.2, 0) is 0 Å². The maximum Gasteiger partial charge on any atom is 0.256 e. The summed E-state index contributed by atoms with van der Waals surface area (Å²) in [6.45, 7) is 2.24. The van der Waals surface area contributed by atoms with Crippen molar-refractivity contribution in [2.45, 2.75) is 12.8 Å². The fraction of sp³-hybridized carbons (Fsp3) is 0.200. The number of pyridine rings is 1. The van der Waals surface area contributed by atoms with E-state index >= 15 is 0 Å². The van der Waals surface area contributed by atoms with Crippen molar-refractivity contribution in [2.75, 3.05) is 23.3 Å². The van der Waals surface area contributed by atoms with Gasteiger partial charge in [-0.1, -0.05) is 12.1 Å². The molecule has 1 fully saturated rings. The smallest absolute Gasteiger partial charge is 0.256 e. The van der Waals surface area contributed by atoms with E-state index in [4.69, 9.17) is 0 Å². The van der Waals surface area contributed by atoms with E-state index in [1.54, 1.807) is 12.4 Å². The van der Waals surface area contributed by atoms with Crippen molar-refractivity contribution in [1.82, 2.24) is 4.98 Å². The largest absolute Gasteiger partial charge is 0.372 e. The molecule has 0 saturated carbocycles. The van der Waals surface area contributed by atoms with Gasteiger partial charge in [0.05, 0.1) is 0 Å². The molecule has 2 heterocycles. The number of hydrogen-bond acceptors (Lipinski definition) is 3. The van der Waals surface area contributed by atoms with Gasteiger partial charge in [0, 0.05) is 47.8 Å². The summed E-state index contributed by atoms with van der Waals surface area (Å²) in [6, 6.07) is 15.7. The van der Waals surface area contributed by atoms with E-state index in [0.29, 0.717) is 5.56 Å². The van der Waals surface area contributed by atoms with Gasteiger partial charge in [0.15, 0.2) is 0 Å². The average Bonchev–Trinajstić information content (AvgIpc) is 3.16. The second kappa shape index (κ2) is 6.32. The highest BCUT2D eigenvalue weighted by atomic mass is 16.1. The Kier molecular flexibility index (Phi) is 3.87. The molecule has 2 aromatic carbocycles. The Labute approximate surface area is 141 Å². The number of anilines is 2. The molecule has 4 nitrogen and oxygen atoms in total. The summed E-state index contributed by atoms with van der Waals surface area (Å²) in [7, 11) is 0. The van der Waals surface area contributed by atoms with Gasteiger partial charge < -0.3 is 10.2 Å². The molecular weight excluding hydrogens is 298 g/mol. The number of aromatic nitrogens is 1. The van der Waals surface area contributed by atoms with Crippen molar-refractivity contribution >= 4 is 28.1 Å². The van der Waals surface area contributed by atoms with Crippen LogP contribution in [0.3, 0.4) is 0 Å². The Balaban J connectivity index is 1.55. The monoisotopic (exact) mass is 317 g/mol. The summed E-state index contributed by atoms with van der Waals surface area (Å²) >= 11 is 0. The first-order chi connectivity index (χ1) is 11.8. The normalized spacial score (nSPS) is 14.1. The SMILES string of the molecule is O=C(Nc1ccc(N2CCCC2)cc1)c1cccc2ccncc12. The number of rotatable bonds is 3. The van der Waals surface area contributed by atoms with Crippen molar-refractivity contribution < 1.29 is 4.79 Å². The van der Waals surface area contributed by atoms with Gasteiger partial charge >= 0.3 is 0 Å². The van der Waals surface area contributed by atoms with Crippen LogP contribution in [-0.4, -0.2) is 24.0 Å². The predicted octanol–water partition coefficient (Wildman–Crippen LogP) is 4.09. The standard InChI is InChI=1S/C20H19N3O/c24-20(18-5-3-4-15-10-11-21-14-19(15)18)22-16-6-8-17(9-7-16)23-12-1-2-13-23/h3-11,14H,1-2,12-13H2,(H,22,24). The first-order valence-corrected chi connectivity index (χ1v) is 8.30. The molecule has 1 amide bonds. The summed E-state index contributed by atoms with van der Waals surface area (Å²) in [5, 5.41) is 4.87. The van der Waals surface area contributed by atoms with Gasteiger partial charge in [0.25, 0.3) is 5.91 Å². The maximum absolute atomic E-state index is 12.6. The topological polar surface area (TPSA) is 45.2 Å². The molecule has 0 atom stereocenters. The molecule has 120 valence electrons. The summed E-state index contributed by atoms with van der Waals surface area (Å²) in [5.41, 5.74) is 2.67. The van der Waals surface area contributed by atoms with E-state index in [9.17, 15) is 4.79 Å². The Morgan fingerprint density at radius 3 is 2.58 bits per heavy atom. The second-order valence-corrected chi connectivity index (χ2v) is 6.10. The zero-order chi connectivity index (χ0) is 16.4. The third-order valence-electron chi connectivity index (χ3n) is 4.52. The zero-order valence-electron chi connectivity index (χ0n) is 13.4. The van der Waals surface area contributed by atoms with Crippen LogP contribution in [0.1, 0.15) is 23.2 Å². The van der Waals surface area contributed by atoms with E-state index in [0.717, 1.165) is 29.5 Å². The quantitative estimate of drug-likeness (QED) is 0.791. The maximum atomic E-state index is 12.6. The number of benzene rings is 2. The van der Waals surface area contributed by atoms with Gasteiger partial charge in [-0.2, -0.15) is 0 Å². The molecule has 1 aliphatic heterocycles. The fourth-order valence-corrected chi connectivity index (χ4v) is 3.24. The molecule has 4 heteroatoms. The molecular formula is C20H19N3O. The number of hydrogen-bond donors (Lipinski definition) is 1. The van der Waals surface area contributed by atoms with Crippen molar-refractivity contribution in [3.05, 3.63) is 66.5 Å². The van der Waals surface area contributed by atoms with Crippen LogP contribution in [0.25, 0.3) is 10.8 Å². The van der Waals surface area contributed by atoms with Crippen molar-refractivity contribution in [3.8, 4) is 0 Å². The van der Waals surface area contributed by atoms with Gasteiger partial charge in [-0.05, 0) is 54.6 Å². The van der Waals surface area contributed by atoms with Crippen molar-refractivity contribution in [3.63, 3.8) is 0 Å². The average molecular weight is 317 g/mol. The first kappa shape index (κ1) is 14.7.